The van der Waals surface area contributed by atoms with Gasteiger partial charge in [-0.1, -0.05) is 96.7 Å². The molecule has 0 atom stereocenters. The van der Waals surface area contributed by atoms with Crippen molar-refractivity contribution in [1.29, 1.82) is 0 Å². The van der Waals surface area contributed by atoms with Crippen LogP contribution in [0.1, 0.15) is 52.4 Å². The molecule has 4 radical (unpaired) electrons. The normalized spacial score (nSPS) is 11.0. The number of carbonyl (C=O) groups excluding carboxylic acids is 1. The third-order valence-corrected chi connectivity index (χ3v) is 8.45. The zero-order chi connectivity index (χ0) is 20.0. The molecule has 1 amide bonds. The van der Waals surface area contributed by atoms with Gasteiger partial charge >= 0.3 is 0 Å². The van der Waals surface area contributed by atoms with Gasteiger partial charge in [-0.05, 0) is 25.4 Å². The second-order valence-electron chi connectivity index (χ2n) is 7.09. The molecule has 0 aliphatic carbocycles. The van der Waals surface area contributed by atoms with E-state index in [0.717, 1.165) is 43.7 Å². The smallest absolute Gasteiger partial charge is 0.222 e. The fraction of sp³-hybridized carbons (Fsp3) is 0.458. The fourth-order valence-electron chi connectivity index (χ4n) is 3.36. The van der Waals surface area contributed by atoms with Crippen LogP contribution in [0.4, 0.5) is 0 Å². The maximum atomic E-state index is 12.1. The first kappa shape index (κ1) is 22.6. The van der Waals surface area contributed by atoms with Crippen molar-refractivity contribution in [2.24, 2.45) is 0 Å². The number of benzene rings is 2. The summed E-state index contributed by atoms with van der Waals surface area (Å²) in [5.41, 5.74) is 0. The molecule has 2 nitrogen and oxygen atoms in total. The van der Waals surface area contributed by atoms with E-state index in [2.05, 4.69) is 74.5 Å². The third kappa shape index (κ3) is 8.57. The molecule has 0 aliphatic heterocycles. The van der Waals surface area contributed by atoms with Gasteiger partial charge in [-0.25, -0.2) is 0 Å². The molecule has 0 saturated heterocycles. The van der Waals surface area contributed by atoms with Crippen LogP contribution in [-0.4, -0.2) is 42.9 Å². The van der Waals surface area contributed by atoms with Crippen molar-refractivity contribution in [2.75, 3.05) is 13.1 Å². The van der Waals surface area contributed by atoms with Crippen LogP contribution in [0.15, 0.2) is 60.7 Å². The summed E-state index contributed by atoms with van der Waals surface area (Å²) < 4.78 is 0. The van der Waals surface area contributed by atoms with Crippen molar-refractivity contribution in [1.82, 2.24) is 4.90 Å². The predicted molar refractivity (Wildman–Crippen MR) is 123 cm³/mol. The standard InChI is InChI=1S/C24H33NOSi2/c1-3-25(4-2)23(26)19-13-5-6-14-20-24(27-21-15-9-7-10-16-21)28-22-17-11-8-12-18-22/h7-12,15-18,24H,3-6,13-14,19-20H2,1-2H3. The van der Waals surface area contributed by atoms with Crippen molar-refractivity contribution in [3.63, 3.8) is 0 Å². The summed E-state index contributed by atoms with van der Waals surface area (Å²) in [6.45, 7) is 5.78. The Bertz CT molecular complexity index is 617. The average Bonchev–Trinajstić information content (AvgIpc) is 2.73. The Hall–Kier alpha value is -1.66. The highest BCUT2D eigenvalue weighted by molar-refractivity contribution is 6.73. The summed E-state index contributed by atoms with van der Waals surface area (Å²) in [6.07, 6.45) is 6.70. The highest BCUT2D eigenvalue weighted by Crippen LogP contribution is 2.15. The van der Waals surface area contributed by atoms with Gasteiger partial charge in [-0.3, -0.25) is 4.79 Å². The van der Waals surface area contributed by atoms with Crippen LogP contribution in [0.2, 0.25) is 5.16 Å². The summed E-state index contributed by atoms with van der Waals surface area (Å²) in [4.78, 5) is 14.0. The summed E-state index contributed by atoms with van der Waals surface area (Å²) in [5.74, 6) is 0.319. The SMILES string of the molecule is CCN(CC)C(=O)CCCCCCC([Si]c1ccccc1)[Si]c1ccccc1. The molecule has 0 aliphatic rings. The molecule has 0 unspecified atom stereocenters. The molecule has 2 rings (SSSR count). The Kier molecular flexibility index (Phi) is 10.9. The Labute approximate surface area is 176 Å². The van der Waals surface area contributed by atoms with Crippen molar-refractivity contribution >= 4 is 35.3 Å². The minimum absolute atomic E-state index is 0.319. The first-order valence-electron chi connectivity index (χ1n) is 10.6. The lowest BCUT2D eigenvalue weighted by atomic mass is 10.1. The van der Waals surface area contributed by atoms with Gasteiger partial charge in [0, 0.05) is 19.5 Å². The number of unbranched alkanes of at least 4 members (excludes halogenated alkanes) is 3. The number of amides is 1. The molecule has 0 fully saturated rings. The zero-order valence-electron chi connectivity index (χ0n) is 17.4. The highest BCUT2D eigenvalue weighted by atomic mass is 28.3. The van der Waals surface area contributed by atoms with E-state index < -0.39 is 0 Å². The molecule has 0 N–H and O–H groups in total. The van der Waals surface area contributed by atoms with Gasteiger partial charge in [-0.2, -0.15) is 0 Å². The highest BCUT2D eigenvalue weighted by Gasteiger charge is 2.13. The number of rotatable bonds is 13. The molecule has 4 heteroatoms. The minimum atomic E-state index is 0.319. The second-order valence-corrected chi connectivity index (χ2v) is 10.8. The van der Waals surface area contributed by atoms with Crippen LogP contribution in [0.25, 0.3) is 0 Å². The van der Waals surface area contributed by atoms with Crippen molar-refractivity contribution < 1.29 is 4.79 Å². The molecule has 0 spiro atoms. The number of hydrogen-bond donors (Lipinski definition) is 0. The van der Waals surface area contributed by atoms with Crippen molar-refractivity contribution in [2.45, 2.75) is 57.5 Å². The number of hydrogen-bond acceptors (Lipinski definition) is 1. The molecule has 148 valence electrons. The quantitative estimate of drug-likeness (QED) is 0.363. The minimum Gasteiger partial charge on any atom is -0.343 e. The molecule has 0 aromatic heterocycles. The Balaban J connectivity index is 1.75. The van der Waals surface area contributed by atoms with Crippen LogP contribution < -0.4 is 10.4 Å². The summed E-state index contributed by atoms with van der Waals surface area (Å²) >= 11 is 0. The van der Waals surface area contributed by atoms with E-state index >= 15 is 0 Å². The molecule has 0 saturated carbocycles. The van der Waals surface area contributed by atoms with Crippen LogP contribution >= 0.6 is 0 Å². The van der Waals surface area contributed by atoms with Gasteiger partial charge < -0.3 is 4.90 Å². The van der Waals surface area contributed by atoms with Gasteiger partial charge in [-0.15, -0.1) is 0 Å². The van der Waals surface area contributed by atoms with Gasteiger partial charge in [0.15, 0.2) is 0 Å². The summed E-state index contributed by atoms with van der Waals surface area (Å²) in [6, 6.07) is 21.9. The largest absolute Gasteiger partial charge is 0.343 e. The number of carbonyl (C=O) groups is 1. The summed E-state index contributed by atoms with van der Waals surface area (Å²) in [5, 5.41) is 3.68. The lowest BCUT2D eigenvalue weighted by Crippen LogP contribution is -2.30. The molecule has 0 bridgehead atoms. The lowest BCUT2D eigenvalue weighted by Gasteiger charge is -2.18. The van der Waals surface area contributed by atoms with E-state index in [0.29, 0.717) is 12.3 Å². The van der Waals surface area contributed by atoms with Crippen LogP contribution in [0.3, 0.4) is 0 Å². The average molecular weight is 408 g/mol. The monoisotopic (exact) mass is 407 g/mol. The van der Waals surface area contributed by atoms with Crippen LogP contribution in [-0.2, 0) is 4.79 Å². The van der Waals surface area contributed by atoms with Gasteiger partial charge in [0.2, 0.25) is 5.91 Å². The molecular formula is C24H33NOSi2. The first-order valence-corrected chi connectivity index (χ1v) is 12.8. The van der Waals surface area contributed by atoms with Gasteiger partial charge in [0.25, 0.3) is 0 Å². The lowest BCUT2D eigenvalue weighted by molar-refractivity contribution is -0.130. The Morgan fingerprint density at radius 3 is 1.79 bits per heavy atom. The zero-order valence-corrected chi connectivity index (χ0v) is 19.4. The van der Waals surface area contributed by atoms with Gasteiger partial charge in [0.05, 0.1) is 19.0 Å². The predicted octanol–water partition coefficient (Wildman–Crippen LogP) is 4.00. The molecule has 0 heterocycles. The molecular weight excluding hydrogens is 374 g/mol. The maximum Gasteiger partial charge on any atom is 0.222 e. The van der Waals surface area contributed by atoms with E-state index in [1.54, 1.807) is 0 Å². The molecule has 28 heavy (non-hydrogen) atoms. The third-order valence-electron chi connectivity index (χ3n) is 4.98. The van der Waals surface area contributed by atoms with Gasteiger partial charge in [0.1, 0.15) is 0 Å². The van der Waals surface area contributed by atoms with Crippen LogP contribution in [0.5, 0.6) is 0 Å². The fourth-order valence-corrected chi connectivity index (χ4v) is 6.92. The van der Waals surface area contributed by atoms with E-state index in [1.807, 2.05) is 4.90 Å². The van der Waals surface area contributed by atoms with E-state index in [-0.39, 0.29) is 0 Å². The molecule has 2 aromatic rings. The van der Waals surface area contributed by atoms with Crippen molar-refractivity contribution in [3.8, 4) is 0 Å². The topological polar surface area (TPSA) is 20.3 Å². The van der Waals surface area contributed by atoms with Crippen LogP contribution in [0, 0.1) is 0 Å². The van der Waals surface area contributed by atoms with E-state index in [1.165, 1.54) is 36.1 Å². The van der Waals surface area contributed by atoms with E-state index in [9.17, 15) is 4.79 Å². The Morgan fingerprint density at radius 2 is 1.29 bits per heavy atom. The molecule has 2 aromatic carbocycles. The Morgan fingerprint density at radius 1 is 0.786 bits per heavy atom. The number of nitrogens with zero attached hydrogens (tertiary/aromatic N) is 1. The first-order chi connectivity index (χ1) is 13.7. The summed E-state index contributed by atoms with van der Waals surface area (Å²) in [7, 11) is 1.75. The van der Waals surface area contributed by atoms with E-state index in [4.69, 9.17) is 0 Å². The van der Waals surface area contributed by atoms with Crippen molar-refractivity contribution in [3.05, 3.63) is 60.7 Å². The second kappa shape index (κ2) is 13.5. The maximum absolute atomic E-state index is 12.1.